The molecule has 0 saturated carbocycles. The summed E-state index contributed by atoms with van der Waals surface area (Å²) in [6.45, 7) is 4.89. The van der Waals surface area contributed by atoms with E-state index >= 15 is 0 Å². The van der Waals surface area contributed by atoms with Crippen LogP contribution < -0.4 is 0 Å². The zero-order valence-electron chi connectivity index (χ0n) is 9.27. The Kier molecular flexibility index (Phi) is 3.45. The van der Waals surface area contributed by atoms with Gasteiger partial charge in [-0.25, -0.2) is 8.78 Å². The second-order valence-electron chi connectivity index (χ2n) is 4.08. The Morgan fingerprint density at radius 1 is 1.27 bits per heavy atom. The predicted molar refractivity (Wildman–Crippen MR) is 55.6 cm³/mol. The van der Waals surface area contributed by atoms with Gasteiger partial charge < -0.3 is 5.11 Å². The molecule has 0 aliphatic heterocycles. The standard InChI is InChI=1S/C12H16F2O/c1-4-7-12(3,15)9-6-5-8(2)10(13)11(9)14/h5-6,15H,4,7H2,1-3H3. The lowest BCUT2D eigenvalue weighted by Gasteiger charge is -2.24. The van der Waals surface area contributed by atoms with Crippen LogP contribution in [0.3, 0.4) is 0 Å². The Hall–Kier alpha value is -0.960. The third kappa shape index (κ3) is 2.34. The van der Waals surface area contributed by atoms with E-state index in [1.807, 2.05) is 6.92 Å². The second kappa shape index (κ2) is 4.27. The summed E-state index contributed by atoms with van der Waals surface area (Å²) in [5.74, 6) is -1.81. The highest BCUT2D eigenvalue weighted by Gasteiger charge is 2.27. The lowest BCUT2D eigenvalue weighted by atomic mass is 9.90. The SMILES string of the molecule is CCCC(C)(O)c1ccc(C)c(F)c1F. The van der Waals surface area contributed by atoms with Gasteiger partial charge in [-0.3, -0.25) is 0 Å². The molecule has 1 N–H and O–H groups in total. The highest BCUT2D eigenvalue weighted by Crippen LogP contribution is 2.30. The van der Waals surface area contributed by atoms with E-state index in [4.69, 9.17) is 0 Å². The fourth-order valence-corrected chi connectivity index (χ4v) is 1.68. The molecule has 0 aromatic heterocycles. The third-order valence-corrected chi connectivity index (χ3v) is 2.59. The first-order valence-electron chi connectivity index (χ1n) is 5.07. The molecule has 15 heavy (non-hydrogen) atoms. The minimum Gasteiger partial charge on any atom is -0.385 e. The predicted octanol–water partition coefficient (Wildman–Crippen LogP) is 3.28. The van der Waals surface area contributed by atoms with E-state index in [1.54, 1.807) is 0 Å². The van der Waals surface area contributed by atoms with Gasteiger partial charge in [-0.2, -0.15) is 0 Å². The Balaban J connectivity index is 3.21. The highest BCUT2D eigenvalue weighted by atomic mass is 19.2. The van der Waals surface area contributed by atoms with Gasteiger partial charge in [0.15, 0.2) is 11.6 Å². The fraction of sp³-hybridized carbons (Fsp3) is 0.500. The Morgan fingerprint density at radius 3 is 2.40 bits per heavy atom. The summed E-state index contributed by atoms with van der Waals surface area (Å²) in [6.07, 6.45) is 1.12. The summed E-state index contributed by atoms with van der Waals surface area (Å²) in [6, 6.07) is 2.93. The Bertz CT molecular complexity index is 359. The zero-order chi connectivity index (χ0) is 11.6. The molecule has 0 aliphatic rings. The molecule has 1 aromatic carbocycles. The molecule has 84 valence electrons. The monoisotopic (exact) mass is 214 g/mol. The lowest BCUT2D eigenvalue weighted by molar-refractivity contribution is 0.0425. The number of benzene rings is 1. The van der Waals surface area contributed by atoms with Gasteiger partial charge in [-0.15, -0.1) is 0 Å². The van der Waals surface area contributed by atoms with Gasteiger partial charge in [-0.1, -0.05) is 25.5 Å². The highest BCUT2D eigenvalue weighted by molar-refractivity contribution is 5.29. The van der Waals surface area contributed by atoms with Crippen molar-refractivity contribution >= 4 is 0 Å². The molecule has 0 heterocycles. The molecule has 0 bridgehead atoms. The topological polar surface area (TPSA) is 20.2 Å². The van der Waals surface area contributed by atoms with Gasteiger partial charge in [0.2, 0.25) is 0 Å². The molecule has 0 saturated heterocycles. The molecule has 0 amide bonds. The minimum atomic E-state index is -1.30. The molecule has 0 aliphatic carbocycles. The number of aliphatic hydroxyl groups is 1. The zero-order valence-corrected chi connectivity index (χ0v) is 9.27. The summed E-state index contributed by atoms with van der Waals surface area (Å²) < 4.78 is 26.8. The van der Waals surface area contributed by atoms with Crippen LogP contribution in [0, 0.1) is 18.6 Å². The van der Waals surface area contributed by atoms with Crippen LogP contribution in [0.4, 0.5) is 8.78 Å². The lowest BCUT2D eigenvalue weighted by Crippen LogP contribution is -2.23. The van der Waals surface area contributed by atoms with Crippen LogP contribution >= 0.6 is 0 Å². The number of rotatable bonds is 3. The number of aryl methyl sites for hydroxylation is 1. The summed E-state index contributed by atoms with van der Waals surface area (Å²) in [5, 5.41) is 9.98. The van der Waals surface area contributed by atoms with Crippen LogP contribution in [0.1, 0.15) is 37.8 Å². The van der Waals surface area contributed by atoms with Gasteiger partial charge in [0, 0.05) is 5.56 Å². The number of hydrogen-bond donors (Lipinski definition) is 1. The van der Waals surface area contributed by atoms with Crippen molar-refractivity contribution in [1.82, 2.24) is 0 Å². The molecule has 1 nitrogen and oxygen atoms in total. The smallest absolute Gasteiger partial charge is 0.165 e. The fourth-order valence-electron chi connectivity index (χ4n) is 1.68. The van der Waals surface area contributed by atoms with Crippen molar-refractivity contribution in [3.8, 4) is 0 Å². The van der Waals surface area contributed by atoms with Gasteiger partial charge in [0.1, 0.15) is 0 Å². The average Bonchev–Trinajstić information content (AvgIpc) is 2.13. The van der Waals surface area contributed by atoms with E-state index in [-0.39, 0.29) is 11.1 Å². The maximum atomic E-state index is 13.5. The van der Waals surface area contributed by atoms with Crippen LogP contribution in [0.25, 0.3) is 0 Å². The van der Waals surface area contributed by atoms with E-state index in [2.05, 4.69) is 0 Å². The van der Waals surface area contributed by atoms with E-state index < -0.39 is 17.2 Å². The summed E-state index contributed by atoms with van der Waals surface area (Å²) in [5.41, 5.74) is -1.01. The second-order valence-corrected chi connectivity index (χ2v) is 4.08. The average molecular weight is 214 g/mol. The van der Waals surface area contributed by atoms with Crippen LogP contribution in [0.5, 0.6) is 0 Å². The molecule has 1 rings (SSSR count). The maximum absolute atomic E-state index is 13.5. The quantitative estimate of drug-likeness (QED) is 0.818. The van der Waals surface area contributed by atoms with Crippen LogP contribution in [-0.2, 0) is 5.60 Å². The molecule has 0 fully saturated rings. The Labute approximate surface area is 88.7 Å². The number of hydrogen-bond acceptors (Lipinski definition) is 1. The van der Waals surface area contributed by atoms with Gasteiger partial charge >= 0.3 is 0 Å². The van der Waals surface area contributed by atoms with Crippen molar-refractivity contribution in [2.24, 2.45) is 0 Å². The first-order chi connectivity index (χ1) is 6.90. The molecular weight excluding hydrogens is 198 g/mol. The van der Waals surface area contributed by atoms with Crippen molar-refractivity contribution in [2.75, 3.05) is 0 Å². The maximum Gasteiger partial charge on any atom is 0.165 e. The van der Waals surface area contributed by atoms with Gasteiger partial charge in [0.05, 0.1) is 5.60 Å². The van der Waals surface area contributed by atoms with E-state index in [0.29, 0.717) is 12.8 Å². The summed E-state index contributed by atoms with van der Waals surface area (Å²) in [4.78, 5) is 0. The van der Waals surface area contributed by atoms with Gasteiger partial charge in [0.25, 0.3) is 0 Å². The molecule has 3 heteroatoms. The van der Waals surface area contributed by atoms with E-state index in [9.17, 15) is 13.9 Å². The largest absolute Gasteiger partial charge is 0.385 e. The van der Waals surface area contributed by atoms with Crippen molar-refractivity contribution in [3.05, 3.63) is 34.9 Å². The number of halogens is 2. The van der Waals surface area contributed by atoms with Crippen LogP contribution in [0.2, 0.25) is 0 Å². The molecular formula is C12H16F2O. The van der Waals surface area contributed by atoms with Crippen LogP contribution in [0.15, 0.2) is 12.1 Å². The van der Waals surface area contributed by atoms with Crippen molar-refractivity contribution in [1.29, 1.82) is 0 Å². The molecule has 1 aromatic rings. The molecule has 0 spiro atoms. The van der Waals surface area contributed by atoms with Crippen LogP contribution in [-0.4, -0.2) is 5.11 Å². The van der Waals surface area contributed by atoms with Crippen molar-refractivity contribution < 1.29 is 13.9 Å². The van der Waals surface area contributed by atoms with Gasteiger partial charge in [-0.05, 0) is 25.8 Å². The normalized spacial score (nSPS) is 15.1. The van der Waals surface area contributed by atoms with Crippen molar-refractivity contribution in [2.45, 2.75) is 39.2 Å². The van der Waals surface area contributed by atoms with E-state index in [0.717, 1.165) is 0 Å². The molecule has 1 unspecified atom stereocenters. The summed E-state index contributed by atoms with van der Waals surface area (Å²) >= 11 is 0. The van der Waals surface area contributed by atoms with E-state index in [1.165, 1.54) is 26.0 Å². The summed E-state index contributed by atoms with van der Waals surface area (Å²) in [7, 11) is 0. The first-order valence-corrected chi connectivity index (χ1v) is 5.07. The molecule has 0 radical (unpaired) electrons. The Morgan fingerprint density at radius 2 is 1.87 bits per heavy atom. The first kappa shape index (κ1) is 12.1. The van der Waals surface area contributed by atoms with Crippen molar-refractivity contribution in [3.63, 3.8) is 0 Å². The minimum absolute atomic E-state index is 0.0347. The molecule has 1 atom stereocenters. The third-order valence-electron chi connectivity index (χ3n) is 2.59.